The summed E-state index contributed by atoms with van der Waals surface area (Å²) in [5.74, 6) is 0.491. The molecule has 0 saturated carbocycles. The molecule has 0 spiro atoms. The molecule has 1 atom stereocenters. The van der Waals surface area contributed by atoms with E-state index in [9.17, 15) is 0 Å². The molecule has 0 fully saturated rings. The van der Waals surface area contributed by atoms with Gasteiger partial charge in [-0.25, -0.2) is 0 Å². The van der Waals surface area contributed by atoms with Gasteiger partial charge in [-0.15, -0.1) is 0 Å². The predicted molar refractivity (Wildman–Crippen MR) is 32.7 cm³/mol. The van der Waals surface area contributed by atoms with Crippen molar-refractivity contribution in [2.75, 3.05) is 20.3 Å². The molecule has 0 rings (SSSR count). The van der Waals surface area contributed by atoms with Crippen molar-refractivity contribution in [3.63, 3.8) is 0 Å². The Morgan fingerprint density at radius 3 is 2.62 bits per heavy atom. The lowest BCUT2D eigenvalue weighted by atomic mass is 10.1. The van der Waals surface area contributed by atoms with E-state index in [1.807, 2.05) is 0 Å². The average molecular weight is 118 g/mol. The normalized spacial score (nSPS) is 13.9. The molecule has 0 aliphatic heterocycles. The second-order valence-corrected chi connectivity index (χ2v) is 2.07. The predicted octanol–water partition coefficient (Wildman–Crippen LogP) is 0.651. The summed E-state index contributed by atoms with van der Waals surface area (Å²) in [5.41, 5.74) is 0. The Bertz CT molecular complexity index is 39.8. The van der Waals surface area contributed by atoms with Crippen molar-refractivity contribution in [3.05, 3.63) is 0 Å². The van der Waals surface area contributed by atoms with Crippen LogP contribution in [0.25, 0.3) is 0 Å². The first kappa shape index (κ1) is 7.92. The maximum atomic E-state index is 8.41. The van der Waals surface area contributed by atoms with E-state index in [-0.39, 0.29) is 6.61 Å². The van der Waals surface area contributed by atoms with Gasteiger partial charge in [0.15, 0.2) is 0 Å². The Morgan fingerprint density at radius 1 is 1.62 bits per heavy atom. The molecule has 0 radical (unpaired) electrons. The van der Waals surface area contributed by atoms with Gasteiger partial charge >= 0.3 is 0 Å². The van der Waals surface area contributed by atoms with Crippen molar-refractivity contribution >= 4 is 0 Å². The van der Waals surface area contributed by atoms with Gasteiger partial charge in [0.2, 0.25) is 0 Å². The zero-order chi connectivity index (χ0) is 6.41. The first-order valence-corrected chi connectivity index (χ1v) is 2.91. The van der Waals surface area contributed by atoms with Gasteiger partial charge in [-0.2, -0.15) is 0 Å². The number of aliphatic hydroxyl groups excluding tert-OH is 1. The van der Waals surface area contributed by atoms with Crippen LogP contribution in [-0.4, -0.2) is 25.4 Å². The largest absolute Gasteiger partial charge is 0.396 e. The topological polar surface area (TPSA) is 29.5 Å². The maximum Gasteiger partial charge on any atom is 0.0488 e. The van der Waals surface area contributed by atoms with E-state index in [1.165, 1.54) is 0 Å². The van der Waals surface area contributed by atoms with Gasteiger partial charge in [-0.3, -0.25) is 0 Å². The summed E-state index contributed by atoms with van der Waals surface area (Å²) in [4.78, 5) is 0. The second kappa shape index (κ2) is 5.06. The Morgan fingerprint density at radius 2 is 2.25 bits per heavy atom. The first-order valence-electron chi connectivity index (χ1n) is 2.91. The fourth-order valence-corrected chi connectivity index (χ4v) is 0.588. The Balaban J connectivity index is 2.92. The van der Waals surface area contributed by atoms with Crippen molar-refractivity contribution in [3.8, 4) is 0 Å². The highest BCUT2D eigenvalue weighted by atomic mass is 16.5. The summed E-state index contributed by atoms with van der Waals surface area (Å²) in [6.07, 6.45) is 0.841. The minimum absolute atomic E-state index is 0.268. The van der Waals surface area contributed by atoms with E-state index in [0.717, 1.165) is 13.0 Å². The molecule has 0 aromatic rings. The van der Waals surface area contributed by atoms with Gasteiger partial charge in [-0.1, -0.05) is 6.92 Å². The minimum atomic E-state index is 0.268. The molecule has 0 amide bonds. The highest BCUT2D eigenvalue weighted by Gasteiger charge is 1.97. The van der Waals surface area contributed by atoms with E-state index >= 15 is 0 Å². The lowest BCUT2D eigenvalue weighted by Gasteiger charge is -2.05. The standard InChI is InChI=1S/C6H14O2/c1-6(3-4-7)5-8-2/h6-7H,3-5H2,1-2H3/t6-/m0/s1. The van der Waals surface area contributed by atoms with Crippen LogP contribution in [0.15, 0.2) is 0 Å². The zero-order valence-electron chi connectivity index (χ0n) is 5.55. The van der Waals surface area contributed by atoms with Crippen LogP contribution in [0.2, 0.25) is 0 Å². The highest BCUT2D eigenvalue weighted by molar-refractivity contribution is 4.47. The van der Waals surface area contributed by atoms with Gasteiger partial charge in [0.25, 0.3) is 0 Å². The molecule has 0 bridgehead atoms. The van der Waals surface area contributed by atoms with Crippen LogP contribution < -0.4 is 0 Å². The molecule has 0 saturated heterocycles. The number of ether oxygens (including phenoxy) is 1. The molecule has 0 aliphatic carbocycles. The van der Waals surface area contributed by atoms with Crippen LogP contribution in [0.3, 0.4) is 0 Å². The molecule has 8 heavy (non-hydrogen) atoms. The van der Waals surface area contributed by atoms with Crippen molar-refractivity contribution in [2.45, 2.75) is 13.3 Å². The van der Waals surface area contributed by atoms with Crippen LogP contribution in [0.5, 0.6) is 0 Å². The fraction of sp³-hybridized carbons (Fsp3) is 1.00. The monoisotopic (exact) mass is 118 g/mol. The van der Waals surface area contributed by atoms with Gasteiger partial charge in [0.05, 0.1) is 0 Å². The van der Waals surface area contributed by atoms with Crippen molar-refractivity contribution < 1.29 is 9.84 Å². The Hall–Kier alpha value is -0.0800. The van der Waals surface area contributed by atoms with Gasteiger partial charge in [-0.05, 0) is 12.3 Å². The van der Waals surface area contributed by atoms with E-state index in [0.29, 0.717) is 5.92 Å². The molecular formula is C6H14O2. The summed E-state index contributed by atoms with van der Waals surface area (Å²) < 4.78 is 4.85. The first-order chi connectivity index (χ1) is 3.81. The minimum Gasteiger partial charge on any atom is -0.396 e. The number of hydrogen-bond donors (Lipinski definition) is 1. The summed E-state index contributed by atoms with van der Waals surface area (Å²) in [5, 5.41) is 8.41. The third-order valence-electron chi connectivity index (χ3n) is 1.07. The number of rotatable bonds is 4. The third kappa shape index (κ3) is 4.09. The summed E-state index contributed by atoms with van der Waals surface area (Å²) in [7, 11) is 1.67. The van der Waals surface area contributed by atoms with Crippen LogP contribution in [0.4, 0.5) is 0 Å². The van der Waals surface area contributed by atoms with Gasteiger partial charge in [0.1, 0.15) is 0 Å². The summed E-state index contributed by atoms with van der Waals surface area (Å²) >= 11 is 0. The smallest absolute Gasteiger partial charge is 0.0488 e. The molecule has 0 unspecified atom stereocenters. The molecule has 0 aromatic heterocycles. The number of hydrogen-bond acceptors (Lipinski definition) is 2. The second-order valence-electron chi connectivity index (χ2n) is 2.07. The van der Waals surface area contributed by atoms with E-state index < -0.39 is 0 Å². The molecular weight excluding hydrogens is 104 g/mol. The Labute approximate surface area is 50.5 Å². The van der Waals surface area contributed by atoms with Gasteiger partial charge < -0.3 is 9.84 Å². The zero-order valence-corrected chi connectivity index (χ0v) is 5.55. The third-order valence-corrected chi connectivity index (χ3v) is 1.07. The quantitative estimate of drug-likeness (QED) is 0.587. The SMILES string of the molecule is COC[C@@H](C)CCO. The van der Waals surface area contributed by atoms with Gasteiger partial charge in [0, 0.05) is 20.3 Å². The average Bonchev–Trinajstić information content (AvgIpc) is 1.68. The summed E-state index contributed by atoms with van der Waals surface area (Å²) in [6, 6.07) is 0. The van der Waals surface area contributed by atoms with Crippen LogP contribution >= 0.6 is 0 Å². The van der Waals surface area contributed by atoms with E-state index in [4.69, 9.17) is 9.84 Å². The van der Waals surface area contributed by atoms with Crippen LogP contribution in [0, 0.1) is 5.92 Å². The number of aliphatic hydroxyl groups is 1. The van der Waals surface area contributed by atoms with Crippen molar-refractivity contribution in [1.82, 2.24) is 0 Å². The van der Waals surface area contributed by atoms with Crippen LogP contribution in [0.1, 0.15) is 13.3 Å². The Kier molecular flexibility index (Phi) is 5.01. The molecule has 0 heterocycles. The molecule has 0 aliphatic rings. The molecule has 50 valence electrons. The number of methoxy groups -OCH3 is 1. The molecule has 2 heteroatoms. The van der Waals surface area contributed by atoms with Crippen molar-refractivity contribution in [1.29, 1.82) is 0 Å². The van der Waals surface area contributed by atoms with Crippen LogP contribution in [-0.2, 0) is 4.74 Å². The molecule has 1 N–H and O–H groups in total. The van der Waals surface area contributed by atoms with Crippen molar-refractivity contribution in [2.24, 2.45) is 5.92 Å². The molecule has 2 nitrogen and oxygen atoms in total. The molecule has 0 aromatic carbocycles. The van der Waals surface area contributed by atoms with E-state index in [1.54, 1.807) is 7.11 Å². The lowest BCUT2D eigenvalue weighted by Crippen LogP contribution is -2.04. The fourth-order valence-electron chi connectivity index (χ4n) is 0.588. The summed E-state index contributed by atoms with van der Waals surface area (Å²) in [6.45, 7) is 3.07. The lowest BCUT2D eigenvalue weighted by molar-refractivity contribution is 0.141. The maximum absolute atomic E-state index is 8.41. The van der Waals surface area contributed by atoms with E-state index in [2.05, 4.69) is 6.92 Å². The highest BCUT2D eigenvalue weighted by Crippen LogP contribution is 1.98.